The van der Waals surface area contributed by atoms with Gasteiger partial charge in [0.2, 0.25) is 0 Å². The summed E-state index contributed by atoms with van der Waals surface area (Å²) in [6.45, 7) is 2.97. The van der Waals surface area contributed by atoms with Crippen LogP contribution in [0.2, 0.25) is 0 Å². The lowest BCUT2D eigenvalue weighted by Gasteiger charge is -2.36. The highest BCUT2D eigenvalue weighted by Crippen LogP contribution is 2.23. The summed E-state index contributed by atoms with van der Waals surface area (Å²) in [5.41, 5.74) is 4.10. The predicted octanol–water partition coefficient (Wildman–Crippen LogP) is 5.05. The van der Waals surface area contributed by atoms with Crippen molar-refractivity contribution in [3.05, 3.63) is 113 Å². The molecule has 1 saturated heterocycles. The second kappa shape index (κ2) is 12.5. The van der Waals surface area contributed by atoms with Crippen LogP contribution < -0.4 is 15.4 Å². The van der Waals surface area contributed by atoms with E-state index in [1.54, 1.807) is 24.3 Å². The van der Waals surface area contributed by atoms with Crippen molar-refractivity contribution in [1.82, 2.24) is 15.5 Å². The second-order valence-corrected chi connectivity index (χ2v) is 10.2. The van der Waals surface area contributed by atoms with Crippen molar-refractivity contribution in [2.45, 2.75) is 32.1 Å². The number of hydrogen-bond acceptors (Lipinski definition) is 5. The zero-order valence-corrected chi connectivity index (χ0v) is 22.1. The van der Waals surface area contributed by atoms with Gasteiger partial charge in [0.05, 0.1) is 18.7 Å². The van der Waals surface area contributed by atoms with Gasteiger partial charge in [-0.15, -0.1) is 0 Å². The molecular formula is C32H35N3O4. The van der Waals surface area contributed by atoms with Gasteiger partial charge in [-0.05, 0) is 85.6 Å². The zero-order valence-electron chi connectivity index (χ0n) is 22.1. The molecule has 202 valence electrons. The molecule has 0 atom stereocenters. The lowest BCUT2D eigenvalue weighted by molar-refractivity contribution is 0.0696. The number of ether oxygens (including phenoxy) is 1. The number of aromatic carboxylic acids is 1. The van der Waals surface area contributed by atoms with Crippen LogP contribution in [0.5, 0.6) is 5.75 Å². The van der Waals surface area contributed by atoms with Gasteiger partial charge in [0, 0.05) is 24.4 Å². The fraction of sp³-hybridized carbons (Fsp3) is 0.312. The number of hydrogen-bond donors (Lipinski definition) is 3. The highest BCUT2D eigenvalue weighted by Gasteiger charge is 2.23. The van der Waals surface area contributed by atoms with E-state index in [0.717, 1.165) is 62.3 Å². The first-order valence-corrected chi connectivity index (χ1v) is 13.7. The van der Waals surface area contributed by atoms with Gasteiger partial charge in [0.15, 0.2) is 0 Å². The van der Waals surface area contributed by atoms with Crippen LogP contribution in [0, 0.1) is 5.92 Å². The summed E-state index contributed by atoms with van der Waals surface area (Å²) >= 11 is 0. The molecule has 1 aliphatic carbocycles. The minimum absolute atomic E-state index is 0.0782. The Balaban J connectivity index is 1.11. The van der Waals surface area contributed by atoms with Crippen LogP contribution in [0.25, 0.3) is 0 Å². The maximum Gasteiger partial charge on any atom is 0.335 e. The van der Waals surface area contributed by atoms with E-state index in [4.69, 9.17) is 9.84 Å². The van der Waals surface area contributed by atoms with Crippen molar-refractivity contribution in [2.24, 2.45) is 5.92 Å². The monoisotopic (exact) mass is 525 g/mol. The lowest BCUT2D eigenvalue weighted by atomic mass is 9.96. The summed E-state index contributed by atoms with van der Waals surface area (Å²) < 4.78 is 5.89. The van der Waals surface area contributed by atoms with Crippen LogP contribution >= 0.6 is 0 Å². The third-order valence-electron chi connectivity index (χ3n) is 7.43. The number of piperidine rings is 1. The molecular weight excluding hydrogens is 490 g/mol. The number of allylic oxidation sites excluding steroid dienone is 6. The lowest BCUT2D eigenvalue weighted by Crippen LogP contribution is -2.42. The number of nitrogens with zero attached hydrogens (tertiary/aromatic N) is 1. The molecule has 39 heavy (non-hydrogen) atoms. The fourth-order valence-corrected chi connectivity index (χ4v) is 5.19. The molecule has 2 aliphatic heterocycles. The minimum Gasteiger partial charge on any atom is -0.493 e. The molecule has 2 heterocycles. The van der Waals surface area contributed by atoms with Gasteiger partial charge in [-0.2, -0.15) is 0 Å². The number of carbonyl (C=O) groups excluding carboxylic acids is 1. The molecule has 2 aromatic rings. The van der Waals surface area contributed by atoms with Gasteiger partial charge < -0.3 is 25.4 Å². The Morgan fingerprint density at radius 2 is 1.90 bits per heavy atom. The van der Waals surface area contributed by atoms with E-state index in [1.165, 1.54) is 5.57 Å². The quantitative estimate of drug-likeness (QED) is 0.424. The Morgan fingerprint density at radius 1 is 1.05 bits per heavy atom. The van der Waals surface area contributed by atoms with Crippen molar-refractivity contribution in [2.75, 3.05) is 26.2 Å². The smallest absolute Gasteiger partial charge is 0.335 e. The average molecular weight is 526 g/mol. The van der Waals surface area contributed by atoms with E-state index in [-0.39, 0.29) is 11.5 Å². The minimum atomic E-state index is -0.950. The van der Waals surface area contributed by atoms with Crippen LogP contribution in [-0.2, 0) is 6.42 Å². The normalized spacial score (nSPS) is 17.4. The number of benzene rings is 2. The van der Waals surface area contributed by atoms with E-state index < -0.39 is 5.97 Å². The molecule has 3 aliphatic rings. The van der Waals surface area contributed by atoms with Crippen LogP contribution in [0.1, 0.15) is 52.0 Å². The van der Waals surface area contributed by atoms with E-state index in [9.17, 15) is 9.59 Å². The number of rotatable bonds is 9. The molecule has 0 radical (unpaired) electrons. The third kappa shape index (κ3) is 6.99. The third-order valence-corrected chi connectivity index (χ3v) is 7.43. The highest BCUT2D eigenvalue weighted by molar-refractivity contribution is 5.97. The Bertz CT molecular complexity index is 1330. The molecule has 1 fully saturated rings. The van der Waals surface area contributed by atoms with Crippen molar-refractivity contribution >= 4 is 11.9 Å². The highest BCUT2D eigenvalue weighted by atomic mass is 16.5. The number of carbonyl (C=O) groups is 2. The number of dihydropyridines is 1. The summed E-state index contributed by atoms with van der Waals surface area (Å²) in [6.07, 6.45) is 15.5. The topological polar surface area (TPSA) is 90.9 Å². The van der Waals surface area contributed by atoms with Gasteiger partial charge in [0.25, 0.3) is 5.91 Å². The molecule has 7 heteroatoms. The molecule has 1 amide bonds. The van der Waals surface area contributed by atoms with E-state index in [2.05, 4.69) is 33.8 Å². The summed E-state index contributed by atoms with van der Waals surface area (Å²) in [7, 11) is 0. The van der Waals surface area contributed by atoms with Crippen molar-refractivity contribution in [3.8, 4) is 5.75 Å². The standard InChI is InChI=1S/C32H35N3O4/c36-31(29-12-5-4-9-25(29)19-23-7-2-1-3-8-23)34-27-13-14-30(33-21-27)35-17-15-24(16-18-35)22-39-28-11-6-10-26(20-28)32(37)38/h2,4-14,20,24,33H,1,3,15-19,21-22H2,(H,34,36)(H,37,38). The van der Waals surface area contributed by atoms with Crippen LogP contribution in [0.15, 0.2) is 96.0 Å². The molecule has 7 nitrogen and oxygen atoms in total. The first-order chi connectivity index (χ1) is 19.0. The summed E-state index contributed by atoms with van der Waals surface area (Å²) in [5.74, 6) is 1.06. The summed E-state index contributed by atoms with van der Waals surface area (Å²) in [6, 6.07) is 14.5. The first-order valence-electron chi connectivity index (χ1n) is 13.7. The Hall–Kier alpha value is -4.26. The van der Waals surface area contributed by atoms with Crippen LogP contribution in [0.3, 0.4) is 0 Å². The molecule has 3 N–H and O–H groups in total. The Labute approximate surface area is 229 Å². The molecule has 0 unspecified atom stereocenters. The van der Waals surface area contributed by atoms with Crippen molar-refractivity contribution in [1.29, 1.82) is 0 Å². The zero-order chi connectivity index (χ0) is 27.0. The van der Waals surface area contributed by atoms with Crippen LogP contribution in [0.4, 0.5) is 0 Å². The SMILES string of the molecule is O=C(O)c1cccc(OCC2CCN(C3=CC=C(NC(=O)c4ccccc4CC4=CCCC=C4)CN3)CC2)c1. The van der Waals surface area contributed by atoms with Gasteiger partial charge >= 0.3 is 5.97 Å². The molecule has 5 rings (SSSR count). The molecule has 0 aromatic heterocycles. The Kier molecular flexibility index (Phi) is 8.46. The predicted molar refractivity (Wildman–Crippen MR) is 151 cm³/mol. The number of likely N-dealkylation sites (tertiary alicyclic amines) is 1. The first kappa shape index (κ1) is 26.4. The number of carboxylic acids is 1. The number of amides is 1. The summed E-state index contributed by atoms with van der Waals surface area (Å²) in [4.78, 5) is 26.6. The molecule has 0 saturated carbocycles. The van der Waals surface area contributed by atoms with Gasteiger partial charge in [0.1, 0.15) is 11.6 Å². The number of nitrogens with one attached hydrogen (secondary N) is 2. The molecule has 0 spiro atoms. The van der Waals surface area contributed by atoms with E-state index >= 15 is 0 Å². The average Bonchev–Trinajstić information content (AvgIpc) is 2.98. The summed E-state index contributed by atoms with van der Waals surface area (Å²) in [5, 5.41) is 15.7. The van der Waals surface area contributed by atoms with E-state index in [0.29, 0.717) is 30.4 Å². The largest absolute Gasteiger partial charge is 0.493 e. The molecule has 2 aromatic carbocycles. The Morgan fingerprint density at radius 3 is 2.64 bits per heavy atom. The van der Waals surface area contributed by atoms with Crippen molar-refractivity contribution < 1.29 is 19.4 Å². The van der Waals surface area contributed by atoms with Crippen molar-refractivity contribution in [3.63, 3.8) is 0 Å². The fourth-order valence-electron chi connectivity index (χ4n) is 5.19. The molecule has 0 bridgehead atoms. The van der Waals surface area contributed by atoms with Gasteiger partial charge in [-0.3, -0.25) is 4.79 Å². The van der Waals surface area contributed by atoms with Gasteiger partial charge in [-0.1, -0.05) is 42.5 Å². The maximum atomic E-state index is 13.1. The van der Waals surface area contributed by atoms with E-state index in [1.807, 2.05) is 36.4 Å². The van der Waals surface area contributed by atoms with Gasteiger partial charge in [-0.25, -0.2) is 4.79 Å². The maximum absolute atomic E-state index is 13.1. The number of carboxylic acid groups (broad SMARTS) is 1. The van der Waals surface area contributed by atoms with Crippen LogP contribution in [-0.4, -0.2) is 48.1 Å². The second-order valence-electron chi connectivity index (χ2n) is 10.2.